The molecule has 2 rings (SSSR count). The van der Waals surface area contributed by atoms with Crippen LogP contribution < -0.4 is 5.32 Å². The van der Waals surface area contributed by atoms with Gasteiger partial charge in [-0.3, -0.25) is 4.79 Å². The Morgan fingerprint density at radius 3 is 2.52 bits per heavy atom. The van der Waals surface area contributed by atoms with E-state index in [9.17, 15) is 4.79 Å². The maximum atomic E-state index is 11.9. The van der Waals surface area contributed by atoms with Crippen molar-refractivity contribution in [1.82, 2.24) is 19.7 Å². The van der Waals surface area contributed by atoms with Gasteiger partial charge in [-0.25, -0.2) is 4.99 Å². The van der Waals surface area contributed by atoms with Crippen molar-refractivity contribution in [2.45, 2.75) is 38.3 Å². The first-order valence-corrected chi connectivity index (χ1v) is 9.19. The quantitative estimate of drug-likeness (QED) is 0.365. The van der Waals surface area contributed by atoms with Crippen LogP contribution in [0.5, 0.6) is 0 Å². The largest absolute Gasteiger partial charge is 0.353 e. The Bertz CT molecular complexity index is 596. The van der Waals surface area contributed by atoms with Crippen LogP contribution in [0.15, 0.2) is 21.7 Å². The van der Waals surface area contributed by atoms with Crippen molar-refractivity contribution in [3.8, 4) is 0 Å². The SMILES string of the molecule is CN(C)C(=O)CN=C(NC1CCCC1)N(C)Cc1cc(Br)cn1C.I. The first kappa shape index (κ1) is 22.3. The van der Waals surface area contributed by atoms with Gasteiger partial charge in [-0.05, 0) is 34.8 Å². The minimum Gasteiger partial charge on any atom is -0.353 e. The van der Waals surface area contributed by atoms with E-state index >= 15 is 0 Å². The Hall–Kier alpha value is -0.770. The van der Waals surface area contributed by atoms with Crippen molar-refractivity contribution in [2.24, 2.45) is 12.0 Å². The third-order valence-corrected chi connectivity index (χ3v) is 4.82. The molecule has 142 valence electrons. The second-order valence-electron chi connectivity index (χ2n) is 6.67. The lowest BCUT2D eigenvalue weighted by atomic mass is 10.2. The summed E-state index contributed by atoms with van der Waals surface area (Å²) in [5.74, 6) is 0.810. The molecule has 0 aromatic carbocycles. The Morgan fingerprint density at radius 2 is 2.00 bits per heavy atom. The lowest BCUT2D eigenvalue weighted by Crippen LogP contribution is -2.44. The molecule has 1 aromatic heterocycles. The summed E-state index contributed by atoms with van der Waals surface area (Å²) in [6.45, 7) is 0.903. The number of amides is 1. The Morgan fingerprint density at radius 1 is 1.36 bits per heavy atom. The van der Waals surface area contributed by atoms with Crippen LogP contribution in [0.4, 0.5) is 0 Å². The molecular weight excluding hydrogens is 497 g/mol. The van der Waals surface area contributed by atoms with Gasteiger partial charge in [-0.1, -0.05) is 12.8 Å². The molecule has 1 N–H and O–H groups in total. The third-order valence-electron chi connectivity index (χ3n) is 4.39. The van der Waals surface area contributed by atoms with Crippen LogP contribution in [-0.2, 0) is 18.4 Å². The van der Waals surface area contributed by atoms with Gasteiger partial charge in [-0.2, -0.15) is 0 Å². The van der Waals surface area contributed by atoms with Gasteiger partial charge >= 0.3 is 0 Å². The molecule has 1 fully saturated rings. The summed E-state index contributed by atoms with van der Waals surface area (Å²) in [5.41, 5.74) is 1.18. The Kier molecular flexibility index (Phi) is 9.26. The van der Waals surface area contributed by atoms with Gasteiger partial charge in [0.15, 0.2) is 5.96 Å². The van der Waals surface area contributed by atoms with Gasteiger partial charge in [0.05, 0.1) is 6.54 Å². The highest BCUT2D eigenvalue weighted by molar-refractivity contribution is 14.0. The molecule has 0 spiro atoms. The fraction of sp³-hybridized carbons (Fsp3) is 0.647. The molecule has 1 amide bonds. The molecule has 0 saturated heterocycles. The zero-order chi connectivity index (χ0) is 17.7. The standard InChI is InChI=1S/C17H28BrN5O.HI/c1-21(2)16(24)10-19-17(20-14-7-5-6-8-14)23(4)12-15-9-13(18)11-22(15)3;/h9,11,14H,5-8,10,12H2,1-4H3,(H,19,20);1H. The number of halogens is 2. The number of aryl methyl sites for hydroxylation is 1. The molecular formula is C17H29BrIN5O. The number of aromatic nitrogens is 1. The fourth-order valence-electron chi connectivity index (χ4n) is 2.85. The molecule has 0 bridgehead atoms. The number of carbonyl (C=O) groups excluding carboxylic acids is 1. The van der Waals surface area contributed by atoms with Crippen molar-refractivity contribution in [3.05, 3.63) is 22.4 Å². The first-order chi connectivity index (χ1) is 11.4. The zero-order valence-corrected chi connectivity index (χ0v) is 19.4. The van der Waals surface area contributed by atoms with Crippen LogP contribution in [0.25, 0.3) is 0 Å². The number of nitrogens with zero attached hydrogens (tertiary/aromatic N) is 4. The topological polar surface area (TPSA) is 52.9 Å². The summed E-state index contributed by atoms with van der Waals surface area (Å²) >= 11 is 3.51. The summed E-state index contributed by atoms with van der Waals surface area (Å²) in [7, 11) is 7.56. The lowest BCUT2D eigenvalue weighted by molar-refractivity contribution is -0.127. The molecule has 1 heterocycles. The van der Waals surface area contributed by atoms with Crippen LogP contribution in [0.3, 0.4) is 0 Å². The van der Waals surface area contributed by atoms with E-state index in [1.807, 2.05) is 20.3 Å². The van der Waals surface area contributed by atoms with E-state index in [4.69, 9.17) is 0 Å². The van der Waals surface area contributed by atoms with E-state index in [1.165, 1.54) is 31.4 Å². The van der Waals surface area contributed by atoms with Crippen molar-refractivity contribution in [1.29, 1.82) is 0 Å². The number of carbonyl (C=O) groups is 1. The minimum absolute atomic E-state index is 0. The highest BCUT2D eigenvalue weighted by Crippen LogP contribution is 2.19. The number of likely N-dealkylation sites (N-methyl/N-ethyl adjacent to an activating group) is 1. The summed E-state index contributed by atoms with van der Waals surface area (Å²) in [6.07, 6.45) is 6.90. The van der Waals surface area contributed by atoms with Crippen molar-refractivity contribution < 1.29 is 4.79 Å². The second kappa shape index (κ2) is 10.4. The second-order valence-corrected chi connectivity index (χ2v) is 7.59. The molecule has 1 aliphatic rings. The average molecular weight is 526 g/mol. The number of aliphatic imine (C=N–C) groups is 1. The van der Waals surface area contributed by atoms with Crippen molar-refractivity contribution >= 4 is 51.8 Å². The van der Waals surface area contributed by atoms with Gasteiger partial charge in [0.25, 0.3) is 0 Å². The molecule has 1 aliphatic carbocycles. The predicted molar refractivity (Wildman–Crippen MR) is 116 cm³/mol. The van der Waals surface area contributed by atoms with Crippen molar-refractivity contribution in [2.75, 3.05) is 27.7 Å². The van der Waals surface area contributed by atoms with Gasteiger partial charge in [0, 0.05) is 50.6 Å². The molecule has 1 saturated carbocycles. The molecule has 6 nitrogen and oxygen atoms in total. The Balaban J connectivity index is 0.00000312. The van der Waals surface area contributed by atoms with E-state index in [-0.39, 0.29) is 36.4 Å². The Labute approximate surface area is 176 Å². The monoisotopic (exact) mass is 525 g/mol. The summed E-state index contributed by atoms with van der Waals surface area (Å²) in [4.78, 5) is 20.1. The highest BCUT2D eigenvalue weighted by Gasteiger charge is 2.19. The molecule has 25 heavy (non-hydrogen) atoms. The van der Waals surface area contributed by atoms with Crippen molar-refractivity contribution in [3.63, 3.8) is 0 Å². The number of hydrogen-bond acceptors (Lipinski definition) is 2. The highest BCUT2D eigenvalue weighted by atomic mass is 127. The van der Waals surface area contributed by atoms with E-state index in [0.717, 1.165) is 17.0 Å². The molecule has 0 aliphatic heterocycles. The van der Waals surface area contributed by atoms with E-state index in [0.29, 0.717) is 6.04 Å². The van der Waals surface area contributed by atoms with E-state index in [1.54, 1.807) is 19.0 Å². The normalized spacial score (nSPS) is 15.0. The van der Waals surface area contributed by atoms with Gasteiger partial charge < -0.3 is 19.7 Å². The number of hydrogen-bond donors (Lipinski definition) is 1. The molecule has 0 radical (unpaired) electrons. The zero-order valence-electron chi connectivity index (χ0n) is 15.5. The molecule has 0 atom stereocenters. The van der Waals surface area contributed by atoms with Crippen LogP contribution in [0, 0.1) is 0 Å². The minimum atomic E-state index is 0. The van der Waals surface area contributed by atoms with Crippen LogP contribution in [-0.4, -0.2) is 60.0 Å². The molecule has 8 heteroatoms. The maximum absolute atomic E-state index is 11.9. The van der Waals surface area contributed by atoms with Crippen LogP contribution in [0.1, 0.15) is 31.4 Å². The number of nitrogens with one attached hydrogen (secondary N) is 1. The van der Waals surface area contributed by atoms with Gasteiger partial charge in [-0.15, -0.1) is 24.0 Å². The summed E-state index contributed by atoms with van der Waals surface area (Å²) in [6, 6.07) is 2.56. The lowest BCUT2D eigenvalue weighted by Gasteiger charge is -2.25. The van der Waals surface area contributed by atoms with Gasteiger partial charge in [0.2, 0.25) is 5.91 Å². The first-order valence-electron chi connectivity index (χ1n) is 8.40. The summed E-state index contributed by atoms with van der Waals surface area (Å²) in [5, 5.41) is 3.54. The van der Waals surface area contributed by atoms with Gasteiger partial charge in [0.1, 0.15) is 6.54 Å². The number of rotatable bonds is 5. The van der Waals surface area contributed by atoms with Crippen LogP contribution >= 0.6 is 39.9 Å². The van der Waals surface area contributed by atoms with E-state index < -0.39 is 0 Å². The smallest absolute Gasteiger partial charge is 0.243 e. The molecule has 0 unspecified atom stereocenters. The number of guanidine groups is 1. The summed E-state index contributed by atoms with van der Waals surface area (Å²) < 4.78 is 3.16. The maximum Gasteiger partial charge on any atom is 0.243 e. The molecule has 1 aromatic rings. The third kappa shape index (κ3) is 6.80. The predicted octanol–water partition coefficient (Wildman–Crippen LogP) is 2.81. The fourth-order valence-corrected chi connectivity index (χ4v) is 3.43. The van der Waals surface area contributed by atoms with E-state index in [2.05, 4.69) is 41.8 Å². The average Bonchev–Trinajstić information content (AvgIpc) is 3.12. The van der Waals surface area contributed by atoms with Crippen LogP contribution in [0.2, 0.25) is 0 Å².